The van der Waals surface area contributed by atoms with Gasteiger partial charge in [0.15, 0.2) is 5.76 Å². The van der Waals surface area contributed by atoms with E-state index in [1.807, 2.05) is 24.3 Å². The van der Waals surface area contributed by atoms with Gasteiger partial charge in [0.25, 0.3) is 11.5 Å². The predicted octanol–water partition coefficient (Wildman–Crippen LogP) is 4.22. The van der Waals surface area contributed by atoms with E-state index in [1.165, 1.54) is 22.6 Å². The minimum atomic E-state index is -1.18. The molecule has 0 saturated carbocycles. The Balaban J connectivity index is 1.81. The summed E-state index contributed by atoms with van der Waals surface area (Å²) in [6.45, 7) is 5.49. The van der Waals surface area contributed by atoms with Crippen LogP contribution in [-0.2, 0) is 16.8 Å². The maximum absolute atomic E-state index is 12.9. The summed E-state index contributed by atoms with van der Waals surface area (Å²) in [6.07, 6.45) is 4.84. The van der Waals surface area contributed by atoms with Crippen LogP contribution in [0.15, 0.2) is 64.0 Å². The second-order valence-corrected chi connectivity index (χ2v) is 7.26. The van der Waals surface area contributed by atoms with E-state index in [0.717, 1.165) is 19.3 Å². The van der Waals surface area contributed by atoms with Gasteiger partial charge in [-0.3, -0.25) is 9.59 Å². The van der Waals surface area contributed by atoms with Crippen molar-refractivity contribution in [2.45, 2.75) is 45.6 Å². The second-order valence-electron chi connectivity index (χ2n) is 7.26. The largest absolute Gasteiger partial charge is 0.463 e. The molecule has 1 N–H and O–H groups in total. The molecule has 1 aromatic carbocycles. The molecule has 3 aromatic rings. The number of rotatable bonds is 7. The fraction of sp³-hybridized carbons (Fsp3) is 0.318. The number of unbranched alkanes of at least 4 members (excludes halogenated alkanes) is 1. The molecule has 0 atom stereocenters. The lowest BCUT2D eigenvalue weighted by atomic mass is 10.0. The lowest BCUT2D eigenvalue weighted by Crippen LogP contribution is -2.47. The quantitative estimate of drug-likeness (QED) is 0.667. The third-order valence-electron chi connectivity index (χ3n) is 4.69. The number of aryl methyl sites for hydroxylation is 1. The number of nitrogens with zero attached hydrogens (tertiary/aromatic N) is 2. The summed E-state index contributed by atoms with van der Waals surface area (Å²) in [5.74, 6) is 0.215. The number of nitrogens with one attached hydrogen (secondary N) is 1. The minimum absolute atomic E-state index is 0.319. The molecule has 0 spiro atoms. The molecule has 2 heterocycles. The monoisotopic (exact) mass is 379 g/mol. The molecule has 0 aliphatic heterocycles. The normalized spacial score (nSPS) is 11.4. The summed E-state index contributed by atoms with van der Waals surface area (Å²) in [5, 5.41) is 7.23. The zero-order chi connectivity index (χ0) is 20.1. The lowest BCUT2D eigenvalue weighted by Gasteiger charge is -2.25. The van der Waals surface area contributed by atoms with E-state index in [0.29, 0.717) is 17.1 Å². The van der Waals surface area contributed by atoms with E-state index >= 15 is 0 Å². The van der Waals surface area contributed by atoms with Gasteiger partial charge in [0.1, 0.15) is 11.2 Å². The van der Waals surface area contributed by atoms with Crippen molar-refractivity contribution in [3.63, 3.8) is 0 Å². The minimum Gasteiger partial charge on any atom is -0.463 e. The van der Waals surface area contributed by atoms with Crippen molar-refractivity contribution in [3.8, 4) is 11.5 Å². The van der Waals surface area contributed by atoms with Crippen LogP contribution in [0.25, 0.3) is 11.5 Å². The highest BCUT2D eigenvalue weighted by Gasteiger charge is 2.32. The Morgan fingerprint density at radius 1 is 1.14 bits per heavy atom. The molecule has 1 amide bonds. The van der Waals surface area contributed by atoms with E-state index < -0.39 is 5.54 Å². The average Bonchev–Trinajstić information content (AvgIpc) is 3.22. The zero-order valence-corrected chi connectivity index (χ0v) is 16.4. The first kappa shape index (κ1) is 19.6. The van der Waals surface area contributed by atoms with E-state index in [1.54, 1.807) is 32.0 Å². The van der Waals surface area contributed by atoms with Gasteiger partial charge in [-0.2, -0.15) is 5.10 Å². The van der Waals surface area contributed by atoms with Crippen molar-refractivity contribution in [1.82, 2.24) is 9.78 Å². The number of hydrogen-bond donors (Lipinski definition) is 1. The maximum Gasteiger partial charge on any atom is 0.267 e. The summed E-state index contributed by atoms with van der Waals surface area (Å²) in [7, 11) is 0. The standard InChI is InChI=1S/C22H25N3O3/c1-4-5-7-16-9-11-17(12-10-16)23-21(27)22(2,3)25-20(26)14-13-18(24-25)19-8-6-15-28-19/h6,8-15H,4-5,7H2,1-3H3,(H,23,27). The highest BCUT2D eigenvalue weighted by atomic mass is 16.3. The Morgan fingerprint density at radius 3 is 2.54 bits per heavy atom. The van der Waals surface area contributed by atoms with Crippen LogP contribution in [0.3, 0.4) is 0 Å². The van der Waals surface area contributed by atoms with Gasteiger partial charge in [-0.05, 0) is 62.6 Å². The van der Waals surface area contributed by atoms with Crippen molar-refractivity contribution in [2.75, 3.05) is 5.32 Å². The Kier molecular flexibility index (Phi) is 5.78. The summed E-state index contributed by atoms with van der Waals surface area (Å²) in [4.78, 5) is 25.3. The first-order chi connectivity index (χ1) is 13.4. The van der Waals surface area contributed by atoms with Crippen molar-refractivity contribution < 1.29 is 9.21 Å². The molecule has 0 aliphatic carbocycles. The molecule has 146 valence electrons. The molecule has 3 rings (SSSR count). The summed E-state index contributed by atoms with van der Waals surface area (Å²) in [6, 6.07) is 14.3. The Bertz CT molecular complexity index is 987. The molecule has 6 nitrogen and oxygen atoms in total. The third kappa shape index (κ3) is 4.22. The summed E-state index contributed by atoms with van der Waals surface area (Å²) >= 11 is 0. The molecule has 0 fully saturated rings. The fourth-order valence-electron chi connectivity index (χ4n) is 2.88. The van der Waals surface area contributed by atoms with Gasteiger partial charge in [0, 0.05) is 11.8 Å². The zero-order valence-electron chi connectivity index (χ0n) is 16.4. The first-order valence-corrected chi connectivity index (χ1v) is 9.47. The van der Waals surface area contributed by atoms with Crippen molar-refractivity contribution >= 4 is 11.6 Å². The van der Waals surface area contributed by atoms with Gasteiger partial charge in [-0.15, -0.1) is 0 Å². The lowest BCUT2D eigenvalue weighted by molar-refractivity contribution is -0.123. The highest BCUT2D eigenvalue weighted by molar-refractivity contribution is 5.96. The number of carbonyl (C=O) groups is 1. The average molecular weight is 379 g/mol. The SMILES string of the molecule is CCCCc1ccc(NC(=O)C(C)(C)n2nc(-c3ccco3)ccc2=O)cc1. The molecule has 28 heavy (non-hydrogen) atoms. The molecule has 0 unspecified atom stereocenters. The van der Waals surface area contributed by atoms with Crippen LogP contribution in [0.4, 0.5) is 5.69 Å². The van der Waals surface area contributed by atoms with Crippen LogP contribution < -0.4 is 10.9 Å². The molecule has 0 aliphatic rings. The number of hydrogen-bond acceptors (Lipinski definition) is 4. The highest BCUT2D eigenvalue weighted by Crippen LogP contribution is 2.20. The van der Waals surface area contributed by atoms with Gasteiger partial charge in [0.2, 0.25) is 0 Å². The molecule has 2 aromatic heterocycles. The molecule has 0 radical (unpaired) electrons. The summed E-state index contributed by atoms with van der Waals surface area (Å²) < 4.78 is 6.53. The van der Waals surface area contributed by atoms with Crippen LogP contribution in [0.2, 0.25) is 0 Å². The topological polar surface area (TPSA) is 77.1 Å². The van der Waals surface area contributed by atoms with Gasteiger partial charge in [-0.1, -0.05) is 25.5 Å². The van der Waals surface area contributed by atoms with Crippen LogP contribution in [0.1, 0.15) is 39.2 Å². The van der Waals surface area contributed by atoms with Gasteiger partial charge < -0.3 is 9.73 Å². The third-order valence-corrected chi connectivity index (χ3v) is 4.69. The number of furan rings is 1. The van der Waals surface area contributed by atoms with E-state index in [9.17, 15) is 9.59 Å². The van der Waals surface area contributed by atoms with Crippen molar-refractivity contribution in [2.24, 2.45) is 0 Å². The Hall–Kier alpha value is -3.15. The molecule has 0 saturated heterocycles. The Labute approximate surface area is 164 Å². The van der Waals surface area contributed by atoms with E-state index in [-0.39, 0.29) is 11.5 Å². The second kappa shape index (κ2) is 8.25. The van der Waals surface area contributed by atoms with E-state index in [2.05, 4.69) is 17.3 Å². The van der Waals surface area contributed by atoms with E-state index in [4.69, 9.17) is 4.42 Å². The summed E-state index contributed by atoms with van der Waals surface area (Å²) in [5.41, 5.74) is 0.883. The van der Waals surface area contributed by atoms with Crippen LogP contribution >= 0.6 is 0 Å². The van der Waals surface area contributed by atoms with Gasteiger partial charge in [-0.25, -0.2) is 4.68 Å². The number of anilines is 1. The number of carbonyl (C=O) groups excluding carboxylic acids is 1. The predicted molar refractivity (Wildman–Crippen MR) is 109 cm³/mol. The van der Waals surface area contributed by atoms with Gasteiger partial charge >= 0.3 is 0 Å². The smallest absolute Gasteiger partial charge is 0.267 e. The Morgan fingerprint density at radius 2 is 1.89 bits per heavy atom. The fourth-order valence-corrected chi connectivity index (χ4v) is 2.88. The molecule has 0 bridgehead atoms. The number of aromatic nitrogens is 2. The van der Waals surface area contributed by atoms with Crippen LogP contribution in [-0.4, -0.2) is 15.7 Å². The van der Waals surface area contributed by atoms with Crippen molar-refractivity contribution in [1.29, 1.82) is 0 Å². The number of amides is 1. The van der Waals surface area contributed by atoms with Gasteiger partial charge in [0.05, 0.1) is 6.26 Å². The molecular weight excluding hydrogens is 354 g/mol. The van der Waals surface area contributed by atoms with Crippen molar-refractivity contribution in [3.05, 3.63) is 70.7 Å². The molecule has 6 heteroatoms. The van der Waals surface area contributed by atoms with Crippen LogP contribution in [0.5, 0.6) is 0 Å². The molecular formula is C22H25N3O3. The van der Waals surface area contributed by atoms with Crippen LogP contribution in [0, 0.1) is 0 Å². The maximum atomic E-state index is 12.9. The first-order valence-electron chi connectivity index (χ1n) is 9.47. The number of benzene rings is 1.